The number of benzene rings is 1. The molecule has 0 radical (unpaired) electrons. The zero-order valence-corrected chi connectivity index (χ0v) is 10.9. The van der Waals surface area contributed by atoms with Crippen molar-refractivity contribution in [2.24, 2.45) is 5.84 Å². The average molecular weight is 274 g/mol. The van der Waals surface area contributed by atoms with Crippen LogP contribution in [0.4, 0.5) is 11.5 Å². The monoisotopic (exact) mass is 274 g/mol. The van der Waals surface area contributed by atoms with E-state index in [0.717, 1.165) is 5.56 Å². The lowest BCUT2D eigenvalue weighted by Crippen LogP contribution is -2.08. The summed E-state index contributed by atoms with van der Waals surface area (Å²) in [6.07, 6.45) is 1.59. The number of ether oxygens (including phenoxy) is 1. The summed E-state index contributed by atoms with van der Waals surface area (Å²) in [5, 5.41) is 11.0. The second-order valence-corrected chi connectivity index (χ2v) is 4.16. The predicted octanol–water partition coefficient (Wildman–Crippen LogP) is 2.16. The first-order chi connectivity index (χ1) is 9.61. The third-order valence-electron chi connectivity index (χ3n) is 2.75. The molecule has 7 heteroatoms. The minimum absolute atomic E-state index is 0.0132. The quantitative estimate of drug-likeness (QED) is 0.492. The second kappa shape index (κ2) is 5.98. The molecule has 0 aliphatic heterocycles. The number of nitrogens with one attached hydrogen (secondary N) is 1. The van der Waals surface area contributed by atoms with Crippen molar-refractivity contribution in [2.45, 2.75) is 13.5 Å². The summed E-state index contributed by atoms with van der Waals surface area (Å²) in [6.45, 7) is 1.87. The molecule has 2 rings (SSSR count). The Balaban J connectivity index is 2.14. The molecule has 0 spiro atoms. The number of hydrogen-bond acceptors (Lipinski definition) is 6. The van der Waals surface area contributed by atoms with Crippen molar-refractivity contribution in [3.05, 3.63) is 57.8 Å². The molecule has 0 aliphatic carbocycles. The summed E-state index contributed by atoms with van der Waals surface area (Å²) in [5.74, 6) is 6.00. The van der Waals surface area contributed by atoms with Gasteiger partial charge in [0.2, 0.25) is 0 Å². The molecular weight excluding hydrogens is 260 g/mol. The molecule has 0 atom stereocenters. The third-order valence-corrected chi connectivity index (χ3v) is 2.75. The van der Waals surface area contributed by atoms with Crippen molar-refractivity contribution in [1.29, 1.82) is 0 Å². The van der Waals surface area contributed by atoms with Crippen LogP contribution in [0.3, 0.4) is 0 Å². The topological polar surface area (TPSA) is 103 Å². The Hall–Kier alpha value is -2.67. The molecule has 1 aromatic heterocycles. The summed E-state index contributed by atoms with van der Waals surface area (Å²) >= 11 is 0. The zero-order chi connectivity index (χ0) is 14.5. The van der Waals surface area contributed by atoms with Gasteiger partial charge in [0, 0.05) is 17.3 Å². The number of nitro groups is 1. The number of anilines is 1. The average Bonchev–Trinajstić information content (AvgIpc) is 2.45. The van der Waals surface area contributed by atoms with Crippen molar-refractivity contribution >= 4 is 11.5 Å². The summed E-state index contributed by atoms with van der Waals surface area (Å²) < 4.78 is 5.51. The first-order valence-electron chi connectivity index (χ1n) is 5.90. The van der Waals surface area contributed by atoms with Gasteiger partial charge in [-0.05, 0) is 19.1 Å². The number of para-hydroxylation sites is 1. The number of hydrazine groups is 1. The maximum Gasteiger partial charge on any atom is 0.313 e. The van der Waals surface area contributed by atoms with Crippen LogP contribution in [0.2, 0.25) is 0 Å². The first-order valence-corrected chi connectivity index (χ1v) is 5.90. The van der Waals surface area contributed by atoms with Gasteiger partial charge in [-0.15, -0.1) is 0 Å². The number of nitro benzene ring substituents is 1. The van der Waals surface area contributed by atoms with Gasteiger partial charge in [-0.25, -0.2) is 10.8 Å². The Kier molecular flexibility index (Phi) is 4.11. The Morgan fingerprint density at radius 1 is 1.40 bits per heavy atom. The van der Waals surface area contributed by atoms with Gasteiger partial charge in [0.1, 0.15) is 12.4 Å². The van der Waals surface area contributed by atoms with Crippen LogP contribution in [0.1, 0.15) is 11.1 Å². The van der Waals surface area contributed by atoms with E-state index in [1.165, 1.54) is 0 Å². The van der Waals surface area contributed by atoms with E-state index in [2.05, 4.69) is 10.4 Å². The van der Waals surface area contributed by atoms with Crippen molar-refractivity contribution < 1.29 is 9.66 Å². The van der Waals surface area contributed by atoms with Crippen LogP contribution in [0, 0.1) is 17.0 Å². The molecule has 0 unspecified atom stereocenters. The summed E-state index contributed by atoms with van der Waals surface area (Å²) in [5.41, 5.74) is 3.76. The lowest BCUT2D eigenvalue weighted by atomic mass is 10.2. The molecule has 0 saturated heterocycles. The number of nitrogens with two attached hydrogens (primary N) is 1. The van der Waals surface area contributed by atoms with Gasteiger partial charge in [0.25, 0.3) is 0 Å². The molecule has 20 heavy (non-hydrogen) atoms. The van der Waals surface area contributed by atoms with Crippen molar-refractivity contribution in [2.75, 3.05) is 5.43 Å². The molecule has 7 nitrogen and oxygen atoms in total. The normalized spacial score (nSPS) is 10.1. The number of hydrogen-bond donors (Lipinski definition) is 2. The highest BCUT2D eigenvalue weighted by atomic mass is 16.6. The summed E-state index contributed by atoms with van der Waals surface area (Å²) in [6, 6.07) is 8.45. The van der Waals surface area contributed by atoms with Crippen LogP contribution in [-0.4, -0.2) is 9.91 Å². The fourth-order valence-corrected chi connectivity index (χ4v) is 1.74. The number of nitrogen functional groups attached to an aromatic ring is 1. The Morgan fingerprint density at radius 2 is 2.20 bits per heavy atom. The largest absolute Gasteiger partial charge is 0.482 e. The Morgan fingerprint density at radius 3 is 2.80 bits per heavy atom. The maximum absolute atomic E-state index is 11.0. The van der Waals surface area contributed by atoms with Crippen molar-refractivity contribution in [3.63, 3.8) is 0 Å². The highest BCUT2D eigenvalue weighted by Crippen LogP contribution is 2.30. The van der Waals surface area contributed by atoms with E-state index in [9.17, 15) is 10.1 Å². The fraction of sp³-hybridized carbons (Fsp3) is 0.154. The number of rotatable bonds is 5. The number of nitrogens with zero attached hydrogens (tertiary/aromatic N) is 2. The highest BCUT2D eigenvalue weighted by molar-refractivity contribution is 5.52. The summed E-state index contributed by atoms with van der Waals surface area (Å²) in [7, 11) is 0. The fourth-order valence-electron chi connectivity index (χ4n) is 1.74. The van der Waals surface area contributed by atoms with Gasteiger partial charge < -0.3 is 10.2 Å². The maximum atomic E-state index is 11.0. The number of aryl methyl sites for hydroxylation is 1. The Labute approximate surface area is 115 Å². The molecule has 0 fully saturated rings. The lowest BCUT2D eigenvalue weighted by Gasteiger charge is -2.08. The SMILES string of the molecule is Cc1cccc(OCc2ccc(NN)nc2)c1[N+](=O)[O-]. The minimum Gasteiger partial charge on any atom is -0.482 e. The molecule has 1 aromatic carbocycles. The standard InChI is InChI=1S/C13H14N4O3/c1-9-3-2-4-11(13(9)17(18)19)20-8-10-5-6-12(16-14)15-7-10/h2-7H,8,14H2,1H3,(H,15,16). The van der Waals surface area contributed by atoms with E-state index >= 15 is 0 Å². The second-order valence-electron chi connectivity index (χ2n) is 4.16. The van der Waals surface area contributed by atoms with Gasteiger partial charge in [0.05, 0.1) is 4.92 Å². The first kappa shape index (κ1) is 13.8. The van der Waals surface area contributed by atoms with E-state index in [-0.39, 0.29) is 18.0 Å². The lowest BCUT2D eigenvalue weighted by molar-refractivity contribution is -0.386. The van der Waals surface area contributed by atoms with E-state index < -0.39 is 4.92 Å². The van der Waals surface area contributed by atoms with Crippen LogP contribution in [0.15, 0.2) is 36.5 Å². The molecule has 0 aliphatic rings. The van der Waals surface area contributed by atoms with E-state index in [0.29, 0.717) is 11.4 Å². The molecule has 1 heterocycles. The predicted molar refractivity (Wildman–Crippen MR) is 74.2 cm³/mol. The third kappa shape index (κ3) is 3.01. The van der Waals surface area contributed by atoms with Gasteiger partial charge in [0.15, 0.2) is 5.75 Å². The molecule has 2 aromatic rings. The van der Waals surface area contributed by atoms with Crippen LogP contribution in [0.5, 0.6) is 5.75 Å². The molecular formula is C13H14N4O3. The van der Waals surface area contributed by atoms with Crippen LogP contribution >= 0.6 is 0 Å². The minimum atomic E-state index is -0.440. The van der Waals surface area contributed by atoms with Gasteiger partial charge in [-0.1, -0.05) is 18.2 Å². The molecule has 0 saturated carbocycles. The van der Waals surface area contributed by atoms with E-state index in [1.54, 1.807) is 43.5 Å². The van der Waals surface area contributed by atoms with Crippen LogP contribution in [-0.2, 0) is 6.61 Å². The van der Waals surface area contributed by atoms with Gasteiger partial charge in [-0.2, -0.15) is 0 Å². The van der Waals surface area contributed by atoms with Gasteiger partial charge >= 0.3 is 5.69 Å². The Bertz CT molecular complexity index is 614. The van der Waals surface area contributed by atoms with E-state index in [1.807, 2.05) is 0 Å². The molecule has 3 N–H and O–H groups in total. The zero-order valence-electron chi connectivity index (χ0n) is 10.9. The molecule has 0 amide bonds. The molecule has 0 bridgehead atoms. The van der Waals surface area contributed by atoms with Crippen LogP contribution in [0.25, 0.3) is 0 Å². The number of pyridine rings is 1. The molecule has 104 valence electrons. The van der Waals surface area contributed by atoms with E-state index in [4.69, 9.17) is 10.6 Å². The van der Waals surface area contributed by atoms with Crippen LogP contribution < -0.4 is 16.0 Å². The summed E-state index contributed by atoms with van der Waals surface area (Å²) in [4.78, 5) is 14.6. The van der Waals surface area contributed by atoms with Gasteiger partial charge in [-0.3, -0.25) is 10.1 Å². The van der Waals surface area contributed by atoms with Crippen molar-refractivity contribution in [1.82, 2.24) is 4.98 Å². The highest BCUT2D eigenvalue weighted by Gasteiger charge is 2.17. The van der Waals surface area contributed by atoms with Crippen molar-refractivity contribution in [3.8, 4) is 5.75 Å². The smallest absolute Gasteiger partial charge is 0.313 e. The number of aromatic nitrogens is 1.